The van der Waals surface area contributed by atoms with E-state index in [1.165, 1.54) is 6.07 Å². The quantitative estimate of drug-likeness (QED) is 0.919. The van der Waals surface area contributed by atoms with Crippen molar-refractivity contribution < 1.29 is 14.3 Å². The molecule has 0 amide bonds. The van der Waals surface area contributed by atoms with Gasteiger partial charge < -0.3 is 5.11 Å². The monoisotopic (exact) mass is 271 g/mol. The Kier molecular flexibility index (Phi) is 4.19. The van der Waals surface area contributed by atoms with Gasteiger partial charge in [0.15, 0.2) is 0 Å². The van der Waals surface area contributed by atoms with Crippen molar-refractivity contribution in [2.24, 2.45) is 5.92 Å². The van der Waals surface area contributed by atoms with Crippen LogP contribution in [0.15, 0.2) is 18.2 Å². The van der Waals surface area contributed by atoms with E-state index in [1.807, 2.05) is 4.90 Å². The third-order valence-corrected chi connectivity index (χ3v) is 3.65. The first kappa shape index (κ1) is 13.3. The number of hydrogen-bond donors (Lipinski definition) is 1. The number of likely N-dealkylation sites (tertiary alicyclic amines) is 1. The molecule has 1 heterocycles. The highest BCUT2D eigenvalue weighted by molar-refractivity contribution is 6.31. The summed E-state index contributed by atoms with van der Waals surface area (Å²) >= 11 is 5.96. The molecule has 0 aliphatic carbocycles. The van der Waals surface area contributed by atoms with Gasteiger partial charge in [-0.05, 0) is 31.5 Å². The third-order valence-electron chi connectivity index (χ3n) is 3.30. The molecule has 0 unspecified atom stereocenters. The summed E-state index contributed by atoms with van der Waals surface area (Å²) in [5.74, 6) is -1.47. The molecule has 0 bridgehead atoms. The smallest absolute Gasteiger partial charge is 0.307 e. The van der Waals surface area contributed by atoms with E-state index in [9.17, 15) is 9.18 Å². The summed E-state index contributed by atoms with van der Waals surface area (Å²) in [4.78, 5) is 12.9. The van der Waals surface area contributed by atoms with E-state index in [1.54, 1.807) is 12.1 Å². The molecule has 0 radical (unpaired) electrons. The van der Waals surface area contributed by atoms with Gasteiger partial charge in [0.05, 0.1) is 5.92 Å². The lowest BCUT2D eigenvalue weighted by molar-refractivity contribution is -0.143. The van der Waals surface area contributed by atoms with Gasteiger partial charge >= 0.3 is 5.97 Å². The predicted octanol–water partition coefficient (Wildman–Crippen LogP) is 2.78. The Labute approximate surface area is 110 Å². The van der Waals surface area contributed by atoms with Crippen LogP contribution in [0.4, 0.5) is 4.39 Å². The van der Waals surface area contributed by atoms with Crippen molar-refractivity contribution >= 4 is 17.6 Å². The molecule has 1 atom stereocenters. The van der Waals surface area contributed by atoms with Crippen molar-refractivity contribution in [3.63, 3.8) is 0 Å². The van der Waals surface area contributed by atoms with E-state index < -0.39 is 5.97 Å². The highest BCUT2D eigenvalue weighted by Gasteiger charge is 2.26. The second-order valence-electron chi connectivity index (χ2n) is 4.61. The number of aliphatic carboxylic acids is 1. The van der Waals surface area contributed by atoms with Crippen LogP contribution in [-0.2, 0) is 11.3 Å². The first-order valence-corrected chi connectivity index (χ1v) is 6.34. The standard InChI is InChI=1S/C13H15ClFNO2/c14-11-4-1-5-12(15)10(11)8-16-6-2-3-9(7-16)13(17)18/h1,4-5,9H,2-3,6-8H2,(H,17,18)/t9-/m1/s1. The van der Waals surface area contributed by atoms with E-state index in [2.05, 4.69) is 0 Å². The fourth-order valence-electron chi connectivity index (χ4n) is 2.31. The minimum atomic E-state index is -0.778. The van der Waals surface area contributed by atoms with Crippen molar-refractivity contribution in [3.05, 3.63) is 34.6 Å². The number of rotatable bonds is 3. The molecule has 0 spiro atoms. The van der Waals surface area contributed by atoms with E-state index in [4.69, 9.17) is 16.7 Å². The van der Waals surface area contributed by atoms with Crippen LogP contribution in [0, 0.1) is 11.7 Å². The summed E-state index contributed by atoms with van der Waals surface area (Å²) in [5, 5.41) is 9.40. The molecular formula is C13H15ClFNO2. The molecule has 1 fully saturated rings. The zero-order valence-corrected chi connectivity index (χ0v) is 10.7. The highest BCUT2D eigenvalue weighted by Crippen LogP contribution is 2.24. The van der Waals surface area contributed by atoms with E-state index >= 15 is 0 Å². The molecule has 1 aromatic rings. The molecule has 1 aliphatic rings. The molecule has 0 aromatic heterocycles. The number of hydrogen-bond acceptors (Lipinski definition) is 2. The lowest BCUT2D eigenvalue weighted by Gasteiger charge is -2.30. The van der Waals surface area contributed by atoms with Gasteiger partial charge in [-0.2, -0.15) is 0 Å². The number of carboxylic acid groups (broad SMARTS) is 1. The summed E-state index contributed by atoms with van der Waals surface area (Å²) in [6.45, 7) is 1.61. The van der Waals surface area contributed by atoms with Crippen LogP contribution in [0.1, 0.15) is 18.4 Å². The van der Waals surface area contributed by atoms with Crippen molar-refractivity contribution in [2.45, 2.75) is 19.4 Å². The summed E-state index contributed by atoms with van der Waals surface area (Å²) in [6, 6.07) is 4.59. The van der Waals surface area contributed by atoms with Gasteiger partial charge in [-0.25, -0.2) is 4.39 Å². The fraction of sp³-hybridized carbons (Fsp3) is 0.462. The lowest BCUT2D eigenvalue weighted by atomic mass is 9.98. The third kappa shape index (κ3) is 3.00. The topological polar surface area (TPSA) is 40.5 Å². The molecule has 5 heteroatoms. The second-order valence-corrected chi connectivity index (χ2v) is 5.02. The maximum Gasteiger partial charge on any atom is 0.307 e. The van der Waals surface area contributed by atoms with Crippen LogP contribution >= 0.6 is 11.6 Å². The average molecular weight is 272 g/mol. The Morgan fingerprint density at radius 1 is 1.56 bits per heavy atom. The second kappa shape index (κ2) is 5.67. The van der Waals surface area contributed by atoms with Gasteiger partial charge in [-0.15, -0.1) is 0 Å². The van der Waals surface area contributed by atoms with Gasteiger partial charge in [0.25, 0.3) is 0 Å². The van der Waals surface area contributed by atoms with E-state index in [0.29, 0.717) is 30.1 Å². The largest absolute Gasteiger partial charge is 0.481 e. The van der Waals surface area contributed by atoms with Crippen molar-refractivity contribution in [2.75, 3.05) is 13.1 Å². The SMILES string of the molecule is O=C(O)[C@@H]1CCCN(Cc2c(F)cccc2Cl)C1. The van der Waals surface area contributed by atoms with Crippen LogP contribution < -0.4 is 0 Å². The molecule has 0 saturated carbocycles. The Morgan fingerprint density at radius 2 is 2.33 bits per heavy atom. The van der Waals surface area contributed by atoms with Gasteiger partial charge in [-0.1, -0.05) is 17.7 Å². The van der Waals surface area contributed by atoms with Crippen LogP contribution in [0.3, 0.4) is 0 Å². The van der Waals surface area contributed by atoms with Gasteiger partial charge in [0.2, 0.25) is 0 Å². The Hall–Kier alpha value is -1.13. The zero-order chi connectivity index (χ0) is 13.1. The molecule has 2 rings (SSSR count). The van der Waals surface area contributed by atoms with Crippen molar-refractivity contribution in [1.82, 2.24) is 4.90 Å². The minimum absolute atomic E-state index is 0.333. The average Bonchev–Trinajstić information content (AvgIpc) is 2.34. The maximum absolute atomic E-state index is 13.6. The Morgan fingerprint density at radius 3 is 3.00 bits per heavy atom. The summed E-state index contributed by atoms with van der Waals surface area (Å²) < 4.78 is 13.6. The highest BCUT2D eigenvalue weighted by atomic mass is 35.5. The van der Waals surface area contributed by atoms with Gasteiger partial charge in [-0.3, -0.25) is 9.69 Å². The fourth-order valence-corrected chi connectivity index (χ4v) is 2.53. The summed E-state index contributed by atoms with van der Waals surface area (Å²) in [5.41, 5.74) is 0.449. The number of carboxylic acids is 1. The predicted molar refractivity (Wildman–Crippen MR) is 67.0 cm³/mol. The first-order valence-electron chi connectivity index (χ1n) is 5.96. The number of carbonyl (C=O) groups is 1. The molecule has 18 heavy (non-hydrogen) atoms. The van der Waals surface area contributed by atoms with E-state index in [0.717, 1.165) is 13.0 Å². The lowest BCUT2D eigenvalue weighted by Crippen LogP contribution is -2.38. The normalized spacial score (nSPS) is 20.9. The number of halogens is 2. The molecule has 1 aliphatic heterocycles. The molecule has 3 nitrogen and oxygen atoms in total. The summed E-state index contributed by atoms with van der Waals surface area (Å²) in [7, 11) is 0. The van der Waals surface area contributed by atoms with Gasteiger partial charge in [0, 0.05) is 23.7 Å². The van der Waals surface area contributed by atoms with Crippen molar-refractivity contribution in [1.29, 1.82) is 0 Å². The van der Waals surface area contributed by atoms with Gasteiger partial charge in [0.1, 0.15) is 5.82 Å². The minimum Gasteiger partial charge on any atom is -0.481 e. The zero-order valence-electron chi connectivity index (χ0n) is 9.90. The van der Waals surface area contributed by atoms with Crippen LogP contribution in [0.5, 0.6) is 0 Å². The summed E-state index contributed by atoms with van der Waals surface area (Å²) in [6.07, 6.45) is 1.51. The molecule has 1 saturated heterocycles. The molecule has 1 aromatic carbocycles. The maximum atomic E-state index is 13.6. The number of nitrogens with zero attached hydrogens (tertiary/aromatic N) is 1. The molecular weight excluding hydrogens is 257 g/mol. The number of benzene rings is 1. The van der Waals surface area contributed by atoms with Crippen LogP contribution in [0.25, 0.3) is 0 Å². The Balaban J connectivity index is 2.07. The molecule has 1 N–H and O–H groups in total. The van der Waals surface area contributed by atoms with Crippen LogP contribution in [0.2, 0.25) is 5.02 Å². The number of piperidine rings is 1. The van der Waals surface area contributed by atoms with Crippen molar-refractivity contribution in [3.8, 4) is 0 Å². The molecule has 98 valence electrons. The van der Waals surface area contributed by atoms with E-state index in [-0.39, 0.29) is 11.7 Å². The Bertz CT molecular complexity index is 432. The van der Waals surface area contributed by atoms with Crippen LogP contribution in [-0.4, -0.2) is 29.1 Å². The first-order chi connectivity index (χ1) is 8.58.